The SMILES string of the molecule is CN(CC(=O)NC1c2ccccc2CC1O)C1CCSC1. The lowest BCUT2D eigenvalue weighted by Gasteiger charge is -2.24. The van der Waals surface area contributed by atoms with Crippen molar-refractivity contribution in [3.63, 3.8) is 0 Å². The van der Waals surface area contributed by atoms with Gasteiger partial charge in [-0.25, -0.2) is 0 Å². The molecule has 2 aliphatic rings. The standard InChI is InChI=1S/C16H22N2O2S/c1-18(12-6-7-21-10-12)9-15(20)17-16-13-5-3-2-4-11(13)8-14(16)19/h2-5,12,14,16,19H,6-10H2,1H3,(H,17,20). The summed E-state index contributed by atoms with van der Waals surface area (Å²) < 4.78 is 0. The van der Waals surface area contributed by atoms with Gasteiger partial charge < -0.3 is 10.4 Å². The maximum atomic E-state index is 12.3. The first-order valence-corrected chi connectivity index (χ1v) is 8.64. The molecular formula is C16H22N2O2S. The lowest BCUT2D eigenvalue weighted by Crippen LogP contribution is -2.43. The van der Waals surface area contributed by atoms with E-state index in [1.807, 2.05) is 43.1 Å². The van der Waals surface area contributed by atoms with Crippen molar-refractivity contribution in [3.8, 4) is 0 Å². The molecule has 1 saturated heterocycles. The third kappa shape index (κ3) is 3.25. The van der Waals surface area contributed by atoms with E-state index in [-0.39, 0.29) is 11.9 Å². The van der Waals surface area contributed by atoms with Gasteiger partial charge in [0, 0.05) is 18.2 Å². The van der Waals surface area contributed by atoms with Crippen LogP contribution in [0.2, 0.25) is 0 Å². The fraction of sp³-hybridized carbons (Fsp3) is 0.562. The molecule has 5 heteroatoms. The molecular weight excluding hydrogens is 284 g/mol. The minimum atomic E-state index is -0.515. The summed E-state index contributed by atoms with van der Waals surface area (Å²) in [5.41, 5.74) is 2.19. The van der Waals surface area contributed by atoms with Crippen LogP contribution in [0.5, 0.6) is 0 Å². The largest absolute Gasteiger partial charge is 0.390 e. The van der Waals surface area contributed by atoms with E-state index in [4.69, 9.17) is 0 Å². The molecule has 2 N–H and O–H groups in total. The van der Waals surface area contributed by atoms with E-state index in [9.17, 15) is 9.90 Å². The maximum Gasteiger partial charge on any atom is 0.234 e. The molecule has 1 aliphatic heterocycles. The lowest BCUT2D eigenvalue weighted by atomic mass is 10.1. The average Bonchev–Trinajstić information content (AvgIpc) is 3.08. The smallest absolute Gasteiger partial charge is 0.234 e. The fourth-order valence-corrected chi connectivity index (χ4v) is 4.49. The van der Waals surface area contributed by atoms with Crippen molar-refractivity contribution in [1.29, 1.82) is 0 Å². The van der Waals surface area contributed by atoms with Gasteiger partial charge in [0.2, 0.25) is 5.91 Å². The molecule has 114 valence electrons. The van der Waals surface area contributed by atoms with E-state index < -0.39 is 6.10 Å². The first kappa shape index (κ1) is 14.9. The van der Waals surface area contributed by atoms with Gasteiger partial charge in [-0.2, -0.15) is 11.8 Å². The van der Waals surface area contributed by atoms with Crippen LogP contribution in [0.4, 0.5) is 0 Å². The molecule has 1 aromatic rings. The molecule has 4 nitrogen and oxygen atoms in total. The quantitative estimate of drug-likeness (QED) is 0.878. The maximum absolute atomic E-state index is 12.3. The van der Waals surface area contributed by atoms with Gasteiger partial charge in [0.1, 0.15) is 0 Å². The number of fused-ring (bicyclic) bond motifs is 1. The Bertz CT molecular complexity index is 517. The Morgan fingerprint density at radius 1 is 1.48 bits per heavy atom. The van der Waals surface area contributed by atoms with Crippen molar-refractivity contribution in [1.82, 2.24) is 10.2 Å². The second-order valence-electron chi connectivity index (χ2n) is 5.95. The highest BCUT2D eigenvalue weighted by molar-refractivity contribution is 7.99. The molecule has 3 unspecified atom stereocenters. The Labute approximate surface area is 129 Å². The molecule has 0 aromatic heterocycles. The van der Waals surface area contributed by atoms with Crippen LogP contribution in [-0.2, 0) is 11.2 Å². The normalized spacial score (nSPS) is 27.9. The Morgan fingerprint density at radius 2 is 2.29 bits per heavy atom. The summed E-state index contributed by atoms with van der Waals surface area (Å²) in [6.45, 7) is 0.399. The Kier molecular flexibility index (Phi) is 4.52. The minimum absolute atomic E-state index is 0.00449. The zero-order valence-corrected chi connectivity index (χ0v) is 13.1. The van der Waals surface area contributed by atoms with Gasteiger partial charge in [0.15, 0.2) is 0 Å². The molecule has 1 aliphatic carbocycles. The number of benzene rings is 1. The summed E-state index contributed by atoms with van der Waals surface area (Å²) in [6, 6.07) is 8.18. The number of hydrogen-bond acceptors (Lipinski definition) is 4. The Balaban J connectivity index is 1.59. The molecule has 1 fully saturated rings. The summed E-state index contributed by atoms with van der Waals surface area (Å²) in [5, 5.41) is 13.2. The summed E-state index contributed by atoms with van der Waals surface area (Å²) in [7, 11) is 2.01. The van der Waals surface area contributed by atoms with E-state index in [1.165, 1.54) is 5.75 Å². The summed E-state index contributed by atoms with van der Waals surface area (Å²) >= 11 is 1.95. The Hall–Kier alpha value is -1.04. The number of hydrogen-bond donors (Lipinski definition) is 2. The van der Waals surface area contributed by atoms with Crippen molar-refractivity contribution in [3.05, 3.63) is 35.4 Å². The number of rotatable bonds is 4. The number of nitrogens with zero attached hydrogens (tertiary/aromatic N) is 1. The number of carbonyl (C=O) groups is 1. The predicted octanol–water partition coefficient (Wildman–Crippen LogP) is 1.20. The molecule has 1 amide bonds. The third-order valence-corrected chi connectivity index (χ3v) is 5.59. The van der Waals surface area contributed by atoms with Crippen LogP contribution in [0, 0.1) is 0 Å². The monoisotopic (exact) mass is 306 g/mol. The highest BCUT2D eigenvalue weighted by Crippen LogP contribution is 2.31. The van der Waals surface area contributed by atoms with Gasteiger partial charge >= 0.3 is 0 Å². The molecule has 3 rings (SSSR count). The van der Waals surface area contributed by atoms with Gasteiger partial charge in [-0.1, -0.05) is 24.3 Å². The highest BCUT2D eigenvalue weighted by Gasteiger charge is 2.32. The molecule has 1 aromatic carbocycles. The molecule has 0 radical (unpaired) electrons. The Morgan fingerprint density at radius 3 is 3.05 bits per heavy atom. The summed E-state index contributed by atoms with van der Waals surface area (Å²) in [6.07, 6.45) is 1.26. The van der Waals surface area contributed by atoms with Crippen LogP contribution in [0.3, 0.4) is 0 Å². The van der Waals surface area contributed by atoms with Gasteiger partial charge in [-0.05, 0) is 30.3 Å². The van der Waals surface area contributed by atoms with Gasteiger partial charge in [-0.15, -0.1) is 0 Å². The van der Waals surface area contributed by atoms with Crippen LogP contribution in [-0.4, -0.2) is 53.2 Å². The molecule has 0 bridgehead atoms. The lowest BCUT2D eigenvalue weighted by molar-refractivity contribution is -0.123. The van der Waals surface area contributed by atoms with Crippen LogP contribution in [0.25, 0.3) is 0 Å². The van der Waals surface area contributed by atoms with Crippen LogP contribution in [0.15, 0.2) is 24.3 Å². The molecule has 0 spiro atoms. The molecule has 3 atom stereocenters. The first-order valence-electron chi connectivity index (χ1n) is 7.48. The fourth-order valence-electron chi connectivity index (χ4n) is 3.19. The first-order chi connectivity index (χ1) is 10.1. The van der Waals surface area contributed by atoms with E-state index in [0.717, 1.165) is 23.3 Å². The second kappa shape index (κ2) is 6.38. The number of nitrogens with one attached hydrogen (secondary N) is 1. The number of carbonyl (C=O) groups excluding carboxylic acids is 1. The molecule has 1 heterocycles. The molecule has 0 saturated carbocycles. The van der Waals surface area contributed by atoms with Crippen LogP contribution in [0.1, 0.15) is 23.6 Å². The van der Waals surface area contributed by atoms with Gasteiger partial charge in [0.05, 0.1) is 18.7 Å². The van der Waals surface area contributed by atoms with Gasteiger partial charge in [-0.3, -0.25) is 9.69 Å². The number of likely N-dealkylation sites (N-methyl/N-ethyl adjacent to an activating group) is 1. The number of amides is 1. The van der Waals surface area contributed by atoms with Crippen molar-refractivity contribution in [2.75, 3.05) is 25.1 Å². The van der Waals surface area contributed by atoms with Crippen molar-refractivity contribution in [2.45, 2.75) is 31.0 Å². The average molecular weight is 306 g/mol. The molecule has 21 heavy (non-hydrogen) atoms. The zero-order chi connectivity index (χ0) is 14.8. The zero-order valence-electron chi connectivity index (χ0n) is 12.3. The minimum Gasteiger partial charge on any atom is -0.390 e. The summed E-state index contributed by atoms with van der Waals surface area (Å²) in [5.74, 6) is 2.29. The van der Waals surface area contributed by atoms with Gasteiger partial charge in [0.25, 0.3) is 0 Å². The van der Waals surface area contributed by atoms with E-state index in [1.54, 1.807) is 0 Å². The van der Waals surface area contributed by atoms with Crippen LogP contribution >= 0.6 is 11.8 Å². The van der Waals surface area contributed by atoms with Crippen molar-refractivity contribution in [2.24, 2.45) is 0 Å². The topological polar surface area (TPSA) is 52.6 Å². The third-order valence-electron chi connectivity index (χ3n) is 4.44. The van der Waals surface area contributed by atoms with E-state index in [0.29, 0.717) is 19.0 Å². The summed E-state index contributed by atoms with van der Waals surface area (Å²) in [4.78, 5) is 14.4. The van der Waals surface area contributed by atoms with Crippen molar-refractivity contribution >= 4 is 17.7 Å². The number of thioether (sulfide) groups is 1. The van der Waals surface area contributed by atoms with Crippen molar-refractivity contribution < 1.29 is 9.90 Å². The number of aliphatic hydroxyl groups is 1. The second-order valence-corrected chi connectivity index (χ2v) is 7.10. The predicted molar refractivity (Wildman–Crippen MR) is 85.4 cm³/mol. The highest BCUT2D eigenvalue weighted by atomic mass is 32.2. The van der Waals surface area contributed by atoms with E-state index >= 15 is 0 Å². The van der Waals surface area contributed by atoms with Crippen LogP contribution < -0.4 is 5.32 Å². The van der Waals surface area contributed by atoms with E-state index in [2.05, 4.69) is 10.2 Å². The number of aliphatic hydroxyl groups excluding tert-OH is 1.